The van der Waals surface area contributed by atoms with Crippen molar-refractivity contribution in [3.63, 3.8) is 0 Å². The highest BCUT2D eigenvalue weighted by atomic mass is 35.5. The predicted molar refractivity (Wildman–Crippen MR) is 72.1 cm³/mol. The number of likely N-dealkylation sites (tertiary alicyclic amines) is 1. The lowest BCUT2D eigenvalue weighted by Gasteiger charge is -2.21. The molecule has 0 saturated carbocycles. The number of carboxylic acids is 1. The molecule has 0 radical (unpaired) electrons. The van der Waals surface area contributed by atoms with E-state index in [1.165, 1.54) is 24.1 Å². The number of amides is 1. The van der Waals surface area contributed by atoms with Gasteiger partial charge in [0.2, 0.25) is 0 Å². The summed E-state index contributed by atoms with van der Waals surface area (Å²) in [7, 11) is 1.47. The lowest BCUT2D eigenvalue weighted by molar-refractivity contribution is -0.141. The summed E-state index contributed by atoms with van der Waals surface area (Å²) < 4.78 is 5.13. The number of rotatable bonds is 3. The highest BCUT2D eigenvalue weighted by Crippen LogP contribution is 2.25. The Labute approximate surface area is 125 Å². The van der Waals surface area contributed by atoms with Gasteiger partial charge in [0, 0.05) is 20.1 Å². The van der Waals surface area contributed by atoms with Crippen molar-refractivity contribution in [2.45, 2.75) is 18.6 Å². The molecule has 1 fully saturated rings. The second kappa shape index (κ2) is 5.95. The van der Waals surface area contributed by atoms with E-state index in [1.54, 1.807) is 0 Å². The van der Waals surface area contributed by atoms with E-state index in [0.717, 1.165) is 0 Å². The third-order valence-electron chi connectivity index (χ3n) is 3.16. The van der Waals surface area contributed by atoms with Gasteiger partial charge in [-0.3, -0.25) is 4.79 Å². The predicted octanol–water partition coefficient (Wildman–Crippen LogP) is 1.70. The van der Waals surface area contributed by atoms with E-state index in [1.807, 2.05) is 0 Å². The minimum atomic E-state index is -1.09. The van der Waals surface area contributed by atoms with E-state index in [4.69, 9.17) is 27.9 Å². The van der Waals surface area contributed by atoms with Gasteiger partial charge in [0.25, 0.3) is 5.91 Å². The summed E-state index contributed by atoms with van der Waals surface area (Å²) >= 11 is 11.7. The van der Waals surface area contributed by atoms with Crippen LogP contribution in [0.25, 0.3) is 0 Å². The van der Waals surface area contributed by atoms with Crippen molar-refractivity contribution >= 4 is 35.1 Å². The summed E-state index contributed by atoms with van der Waals surface area (Å²) in [6, 6.07) is 1.95. The molecule has 1 aliphatic rings. The molecule has 8 heteroatoms. The minimum Gasteiger partial charge on any atom is -0.480 e. The van der Waals surface area contributed by atoms with Crippen molar-refractivity contribution < 1.29 is 19.4 Å². The van der Waals surface area contributed by atoms with E-state index in [2.05, 4.69) is 4.98 Å². The fraction of sp³-hybridized carbons (Fsp3) is 0.417. The largest absolute Gasteiger partial charge is 0.480 e. The number of carboxylic acid groups (broad SMARTS) is 1. The SMILES string of the molecule is COC1CC(C(=O)O)N(C(=O)c2nc(Cl)ccc2Cl)C1. The molecule has 2 rings (SSSR count). The molecular formula is C12H12Cl2N2O4. The van der Waals surface area contributed by atoms with E-state index in [9.17, 15) is 14.7 Å². The van der Waals surface area contributed by atoms with Crippen molar-refractivity contribution in [3.05, 3.63) is 28.0 Å². The molecular weight excluding hydrogens is 307 g/mol. The number of carbonyl (C=O) groups excluding carboxylic acids is 1. The Morgan fingerprint density at radius 3 is 2.75 bits per heavy atom. The summed E-state index contributed by atoms with van der Waals surface area (Å²) in [6.07, 6.45) is -0.0894. The zero-order valence-electron chi connectivity index (χ0n) is 10.5. The monoisotopic (exact) mass is 318 g/mol. The van der Waals surface area contributed by atoms with Crippen LogP contribution in [0.2, 0.25) is 10.2 Å². The Balaban J connectivity index is 2.31. The minimum absolute atomic E-state index is 0.0535. The number of halogens is 2. The van der Waals surface area contributed by atoms with Gasteiger partial charge >= 0.3 is 5.97 Å². The van der Waals surface area contributed by atoms with E-state index < -0.39 is 17.9 Å². The number of pyridine rings is 1. The summed E-state index contributed by atoms with van der Waals surface area (Å²) in [5.41, 5.74) is -0.0535. The van der Waals surface area contributed by atoms with Crippen LogP contribution >= 0.6 is 23.2 Å². The number of methoxy groups -OCH3 is 1. The van der Waals surface area contributed by atoms with Gasteiger partial charge in [-0.05, 0) is 12.1 Å². The number of carbonyl (C=O) groups is 2. The van der Waals surface area contributed by atoms with Crippen LogP contribution in [-0.2, 0) is 9.53 Å². The molecule has 108 valence electrons. The average molecular weight is 319 g/mol. The zero-order valence-corrected chi connectivity index (χ0v) is 12.1. The molecule has 2 unspecified atom stereocenters. The van der Waals surface area contributed by atoms with Crippen LogP contribution in [-0.4, -0.2) is 52.7 Å². The van der Waals surface area contributed by atoms with Crippen LogP contribution in [0, 0.1) is 0 Å². The molecule has 0 spiro atoms. The summed E-state index contributed by atoms with van der Waals surface area (Å²) in [6.45, 7) is 0.177. The molecule has 1 aliphatic heterocycles. The number of hydrogen-bond donors (Lipinski definition) is 1. The van der Waals surface area contributed by atoms with Gasteiger partial charge in [-0.1, -0.05) is 23.2 Å². The summed E-state index contributed by atoms with van der Waals surface area (Å²) in [4.78, 5) is 28.7. The maximum Gasteiger partial charge on any atom is 0.326 e. The van der Waals surface area contributed by atoms with Gasteiger partial charge < -0.3 is 14.7 Å². The summed E-state index contributed by atoms with van der Waals surface area (Å²) in [5.74, 6) is -1.65. The van der Waals surface area contributed by atoms with Crippen LogP contribution in [0.4, 0.5) is 0 Å². The topological polar surface area (TPSA) is 79.7 Å². The molecule has 20 heavy (non-hydrogen) atoms. The van der Waals surface area contributed by atoms with E-state index >= 15 is 0 Å². The molecule has 1 N–H and O–H groups in total. The molecule has 2 heterocycles. The molecule has 1 amide bonds. The number of ether oxygens (including phenoxy) is 1. The van der Waals surface area contributed by atoms with Crippen molar-refractivity contribution in [2.24, 2.45) is 0 Å². The highest BCUT2D eigenvalue weighted by molar-refractivity contribution is 6.34. The van der Waals surface area contributed by atoms with Crippen molar-refractivity contribution in [3.8, 4) is 0 Å². The molecule has 1 saturated heterocycles. The second-order valence-corrected chi connectivity index (χ2v) is 5.16. The molecule has 0 bridgehead atoms. The average Bonchev–Trinajstić information content (AvgIpc) is 2.85. The van der Waals surface area contributed by atoms with Crippen LogP contribution < -0.4 is 0 Å². The molecule has 0 aliphatic carbocycles. The normalized spacial score (nSPS) is 22.1. The first-order valence-corrected chi connectivity index (χ1v) is 6.58. The molecule has 1 aromatic rings. The van der Waals surface area contributed by atoms with Crippen LogP contribution in [0.3, 0.4) is 0 Å². The zero-order chi connectivity index (χ0) is 14.9. The van der Waals surface area contributed by atoms with Crippen LogP contribution in [0.1, 0.15) is 16.9 Å². The lowest BCUT2D eigenvalue weighted by Crippen LogP contribution is -2.41. The first-order chi connectivity index (χ1) is 9.43. The fourth-order valence-corrected chi connectivity index (χ4v) is 2.46. The first kappa shape index (κ1) is 15.0. The Hall–Kier alpha value is -1.37. The van der Waals surface area contributed by atoms with Crippen LogP contribution in [0.5, 0.6) is 0 Å². The highest BCUT2D eigenvalue weighted by Gasteiger charge is 2.41. The summed E-state index contributed by atoms with van der Waals surface area (Å²) in [5, 5.41) is 9.43. The molecule has 2 atom stereocenters. The maximum atomic E-state index is 12.4. The Morgan fingerprint density at radius 2 is 2.15 bits per heavy atom. The van der Waals surface area contributed by atoms with Gasteiger partial charge in [0.15, 0.2) is 0 Å². The van der Waals surface area contributed by atoms with E-state index in [0.29, 0.717) is 0 Å². The standard InChI is InChI=1S/C12H12Cl2N2O4/c1-20-6-4-8(12(18)19)16(5-6)11(17)10-7(13)2-3-9(14)15-10/h2-3,6,8H,4-5H2,1H3,(H,18,19). The lowest BCUT2D eigenvalue weighted by atomic mass is 10.2. The van der Waals surface area contributed by atoms with Crippen molar-refractivity contribution in [1.29, 1.82) is 0 Å². The fourth-order valence-electron chi connectivity index (χ4n) is 2.13. The van der Waals surface area contributed by atoms with Crippen LogP contribution in [0.15, 0.2) is 12.1 Å². The smallest absolute Gasteiger partial charge is 0.326 e. The third-order valence-corrected chi connectivity index (χ3v) is 3.67. The quantitative estimate of drug-likeness (QED) is 0.858. The van der Waals surface area contributed by atoms with Crippen molar-refractivity contribution in [2.75, 3.05) is 13.7 Å². The van der Waals surface area contributed by atoms with Gasteiger partial charge in [-0.2, -0.15) is 0 Å². The Bertz CT molecular complexity index is 552. The third kappa shape index (κ3) is 2.87. The molecule has 1 aromatic heterocycles. The number of aromatic nitrogens is 1. The second-order valence-electron chi connectivity index (χ2n) is 4.37. The van der Waals surface area contributed by atoms with Gasteiger partial charge in [0.05, 0.1) is 11.1 Å². The van der Waals surface area contributed by atoms with Crippen molar-refractivity contribution in [1.82, 2.24) is 9.88 Å². The van der Waals surface area contributed by atoms with E-state index in [-0.39, 0.29) is 34.9 Å². The maximum absolute atomic E-state index is 12.4. The Kier molecular flexibility index (Phi) is 4.47. The number of aliphatic carboxylic acids is 1. The first-order valence-electron chi connectivity index (χ1n) is 5.82. The van der Waals surface area contributed by atoms with Gasteiger partial charge in [-0.25, -0.2) is 9.78 Å². The Morgan fingerprint density at radius 1 is 1.45 bits per heavy atom. The van der Waals surface area contributed by atoms with Gasteiger partial charge in [0.1, 0.15) is 16.9 Å². The molecule has 6 nitrogen and oxygen atoms in total. The number of nitrogens with zero attached hydrogens (tertiary/aromatic N) is 2. The van der Waals surface area contributed by atoms with Gasteiger partial charge in [-0.15, -0.1) is 0 Å². The molecule has 0 aromatic carbocycles. The number of hydrogen-bond acceptors (Lipinski definition) is 4.